The van der Waals surface area contributed by atoms with E-state index in [-0.39, 0.29) is 18.3 Å². The fraction of sp³-hybridized carbons (Fsp3) is 0.133. The number of hydrogen-bond acceptors (Lipinski definition) is 2. The number of hydrogen-bond donors (Lipinski definition) is 3. The van der Waals surface area contributed by atoms with Crippen LogP contribution in [0.15, 0.2) is 42.5 Å². The molecule has 5 heteroatoms. The van der Waals surface area contributed by atoms with Gasteiger partial charge in [-0.1, -0.05) is 35.9 Å². The van der Waals surface area contributed by atoms with Crippen LogP contribution in [0.1, 0.15) is 11.1 Å². The molecule has 2 aromatic rings. The minimum absolute atomic E-state index is 0.159. The lowest BCUT2D eigenvalue weighted by molar-refractivity contribution is 0.251. The Bertz CT molecular complexity index is 629. The fourth-order valence-corrected chi connectivity index (χ4v) is 1.86. The number of amides is 2. The minimum Gasteiger partial charge on any atom is -0.508 e. The number of carbonyl (C=O) groups excluding carboxylic acids is 1. The molecule has 0 radical (unpaired) electrons. The largest absolute Gasteiger partial charge is 0.508 e. The Labute approximate surface area is 122 Å². The predicted molar refractivity (Wildman–Crippen MR) is 80.2 cm³/mol. The molecule has 2 aromatic carbocycles. The van der Waals surface area contributed by atoms with Crippen molar-refractivity contribution in [2.45, 2.75) is 13.5 Å². The average molecular weight is 291 g/mol. The summed E-state index contributed by atoms with van der Waals surface area (Å²) in [5.74, 6) is 0.159. The van der Waals surface area contributed by atoms with E-state index in [2.05, 4.69) is 10.6 Å². The van der Waals surface area contributed by atoms with E-state index >= 15 is 0 Å². The van der Waals surface area contributed by atoms with Gasteiger partial charge < -0.3 is 15.7 Å². The van der Waals surface area contributed by atoms with E-state index in [0.29, 0.717) is 16.3 Å². The molecule has 0 heterocycles. The number of aromatic hydroxyl groups is 1. The van der Waals surface area contributed by atoms with E-state index in [1.54, 1.807) is 36.4 Å². The molecule has 0 aromatic heterocycles. The van der Waals surface area contributed by atoms with Crippen LogP contribution in [0.2, 0.25) is 5.02 Å². The third-order valence-electron chi connectivity index (χ3n) is 2.86. The zero-order valence-corrected chi connectivity index (χ0v) is 11.7. The lowest BCUT2D eigenvalue weighted by Gasteiger charge is -2.09. The van der Waals surface area contributed by atoms with Crippen molar-refractivity contribution < 1.29 is 9.90 Å². The van der Waals surface area contributed by atoms with Gasteiger partial charge in [-0.15, -0.1) is 0 Å². The van der Waals surface area contributed by atoms with Gasteiger partial charge in [-0.3, -0.25) is 0 Å². The summed E-state index contributed by atoms with van der Waals surface area (Å²) in [7, 11) is 0. The molecule has 0 spiro atoms. The molecule has 2 amide bonds. The Balaban J connectivity index is 1.93. The number of urea groups is 1. The van der Waals surface area contributed by atoms with Gasteiger partial charge in [0.2, 0.25) is 0 Å². The summed E-state index contributed by atoms with van der Waals surface area (Å²) < 4.78 is 0. The van der Waals surface area contributed by atoms with E-state index in [1.165, 1.54) is 0 Å². The van der Waals surface area contributed by atoms with E-state index < -0.39 is 0 Å². The third kappa shape index (κ3) is 3.65. The summed E-state index contributed by atoms with van der Waals surface area (Å²) in [5.41, 5.74) is 2.23. The molecule has 0 aliphatic carbocycles. The average Bonchev–Trinajstić information content (AvgIpc) is 2.42. The second-order valence-electron chi connectivity index (χ2n) is 4.40. The summed E-state index contributed by atoms with van der Waals surface area (Å²) in [6.07, 6.45) is 0. The molecule has 0 saturated carbocycles. The highest BCUT2D eigenvalue weighted by Crippen LogP contribution is 2.20. The molecular formula is C15H15ClN2O2. The molecule has 0 atom stereocenters. The summed E-state index contributed by atoms with van der Waals surface area (Å²) in [4.78, 5) is 11.7. The molecule has 0 bridgehead atoms. The Hall–Kier alpha value is -2.20. The molecule has 2 rings (SSSR count). The highest BCUT2D eigenvalue weighted by molar-refractivity contribution is 6.31. The second-order valence-corrected chi connectivity index (χ2v) is 4.81. The molecule has 0 saturated heterocycles. The summed E-state index contributed by atoms with van der Waals surface area (Å²) >= 11 is 5.99. The molecule has 4 nitrogen and oxygen atoms in total. The van der Waals surface area contributed by atoms with Crippen LogP contribution in [0.4, 0.5) is 10.5 Å². The number of phenolic OH excluding ortho intramolecular Hbond substituents is 1. The fourth-order valence-electron chi connectivity index (χ4n) is 1.68. The SMILES string of the molecule is Cc1ccc(NC(=O)NCc2ccccc2O)cc1Cl. The normalized spacial score (nSPS) is 10.1. The van der Waals surface area contributed by atoms with Crippen LogP contribution in [0, 0.1) is 6.92 Å². The van der Waals surface area contributed by atoms with Crippen molar-refractivity contribution in [3.8, 4) is 5.75 Å². The number of para-hydroxylation sites is 1. The zero-order chi connectivity index (χ0) is 14.5. The maximum absolute atomic E-state index is 11.7. The van der Waals surface area contributed by atoms with Gasteiger partial charge in [-0.25, -0.2) is 4.79 Å². The van der Waals surface area contributed by atoms with Gasteiger partial charge in [0.05, 0.1) is 0 Å². The number of aryl methyl sites for hydroxylation is 1. The molecule has 0 aliphatic heterocycles. The second kappa shape index (κ2) is 6.30. The first-order valence-electron chi connectivity index (χ1n) is 6.14. The number of rotatable bonds is 3. The third-order valence-corrected chi connectivity index (χ3v) is 3.27. The monoisotopic (exact) mass is 290 g/mol. The molecule has 0 aliphatic rings. The maximum Gasteiger partial charge on any atom is 0.319 e. The van der Waals surface area contributed by atoms with E-state index in [0.717, 1.165) is 5.56 Å². The van der Waals surface area contributed by atoms with Gasteiger partial charge >= 0.3 is 6.03 Å². The van der Waals surface area contributed by atoms with Crippen LogP contribution in [0.3, 0.4) is 0 Å². The smallest absolute Gasteiger partial charge is 0.319 e. The topological polar surface area (TPSA) is 61.4 Å². The first-order valence-corrected chi connectivity index (χ1v) is 6.52. The van der Waals surface area contributed by atoms with Crippen molar-refractivity contribution in [1.82, 2.24) is 5.32 Å². The van der Waals surface area contributed by atoms with Crippen LogP contribution in [0.25, 0.3) is 0 Å². The van der Waals surface area contributed by atoms with Crippen molar-refractivity contribution in [1.29, 1.82) is 0 Å². The number of halogens is 1. The molecule has 0 unspecified atom stereocenters. The van der Waals surface area contributed by atoms with E-state index in [9.17, 15) is 9.90 Å². The van der Waals surface area contributed by atoms with Crippen LogP contribution >= 0.6 is 11.6 Å². The first kappa shape index (κ1) is 14.2. The van der Waals surface area contributed by atoms with Crippen molar-refractivity contribution in [3.63, 3.8) is 0 Å². The van der Waals surface area contributed by atoms with E-state index in [1.807, 2.05) is 13.0 Å². The Morgan fingerprint density at radius 2 is 2.00 bits per heavy atom. The number of anilines is 1. The molecule has 20 heavy (non-hydrogen) atoms. The van der Waals surface area contributed by atoms with Crippen molar-refractivity contribution >= 4 is 23.3 Å². The summed E-state index contributed by atoms with van der Waals surface area (Å²) in [5, 5.41) is 15.5. The Morgan fingerprint density at radius 1 is 1.25 bits per heavy atom. The summed E-state index contributed by atoms with van der Waals surface area (Å²) in [6, 6.07) is 11.8. The molecule has 3 N–H and O–H groups in total. The maximum atomic E-state index is 11.7. The van der Waals surface area contributed by atoms with Gasteiger partial charge in [0.25, 0.3) is 0 Å². The lowest BCUT2D eigenvalue weighted by atomic mass is 10.2. The van der Waals surface area contributed by atoms with Crippen molar-refractivity contribution in [2.24, 2.45) is 0 Å². The zero-order valence-electron chi connectivity index (χ0n) is 11.0. The van der Waals surface area contributed by atoms with Crippen LogP contribution in [-0.4, -0.2) is 11.1 Å². The molecular weight excluding hydrogens is 276 g/mol. The molecule has 104 valence electrons. The van der Waals surface area contributed by atoms with Crippen molar-refractivity contribution in [3.05, 3.63) is 58.6 Å². The van der Waals surface area contributed by atoms with Gasteiger partial charge in [0.15, 0.2) is 0 Å². The van der Waals surface area contributed by atoms with Gasteiger partial charge in [-0.05, 0) is 30.7 Å². The quantitative estimate of drug-likeness (QED) is 0.807. The van der Waals surface area contributed by atoms with Crippen LogP contribution < -0.4 is 10.6 Å². The number of phenols is 1. The van der Waals surface area contributed by atoms with Gasteiger partial charge in [0, 0.05) is 22.8 Å². The summed E-state index contributed by atoms with van der Waals surface area (Å²) in [6.45, 7) is 2.14. The van der Waals surface area contributed by atoms with Gasteiger partial charge in [0.1, 0.15) is 5.75 Å². The highest BCUT2D eigenvalue weighted by Gasteiger charge is 2.05. The standard InChI is InChI=1S/C15H15ClN2O2/c1-10-6-7-12(8-13(10)16)18-15(20)17-9-11-4-2-3-5-14(11)19/h2-8,19H,9H2,1H3,(H2,17,18,20). The van der Waals surface area contributed by atoms with Crippen molar-refractivity contribution in [2.75, 3.05) is 5.32 Å². The minimum atomic E-state index is -0.354. The molecule has 0 fully saturated rings. The van der Waals surface area contributed by atoms with Gasteiger partial charge in [-0.2, -0.15) is 0 Å². The van der Waals surface area contributed by atoms with Crippen LogP contribution in [-0.2, 0) is 6.54 Å². The van der Waals surface area contributed by atoms with Crippen LogP contribution in [0.5, 0.6) is 5.75 Å². The Morgan fingerprint density at radius 3 is 2.70 bits per heavy atom. The predicted octanol–water partition coefficient (Wildman–Crippen LogP) is 3.68. The number of benzene rings is 2. The first-order chi connectivity index (χ1) is 9.56. The number of carbonyl (C=O) groups is 1. The van der Waals surface area contributed by atoms with E-state index in [4.69, 9.17) is 11.6 Å². The number of nitrogens with one attached hydrogen (secondary N) is 2. The highest BCUT2D eigenvalue weighted by atomic mass is 35.5. The lowest BCUT2D eigenvalue weighted by Crippen LogP contribution is -2.28. The Kier molecular flexibility index (Phi) is 4.48.